The third-order valence-corrected chi connectivity index (χ3v) is 5.57. The van der Waals surface area contributed by atoms with Crippen LogP contribution >= 0.6 is 0 Å². The van der Waals surface area contributed by atoms with E-state index in [1.54, 1.807) is 0 Å². The number of benzene rings is 1. The van der Waals surface area contributed by atoms with Crippen molar-refractivity contribution in [1.29, 1.82) is 0 Å². The summed E-state index contributed by atoms with van der Waals surface area (Å²) in [7, 11) is 0. The van der Waals surface area contributed by atoms with Crippen molar-refractivity contribution >= 4 is 0 Å². The average molecular weight is 274 g/mol. The molecule has 2 unspecified atom stereocenters. The van der Waals surface area contributed by atoms with Crippen molar-refractivity contribution in [2.75, 3.05) is 0 Å². The van der Waals surface area contributed by atoms with Crippen molar-refractivity contribution in [2.45, 2.75) is 74.9 Å². The molecule has 2 heteroatoms. The van der Waals surface area contributed by atoms with Crippen molar-refractivity contribution in [3.05, 3.63) is 35.9 Å². The summed E-state index contributed by atoms with van der Waals surface area (Å²) in [6.07, 6.45) is 8.70. The first-order chi connectivity index (χ1) is 9.66. The lowest BCUT2D eigenvalue weighted by Crippen LogP contribution is -2.59. The van der Waals surface area contributed by atoms with Gasteiger partial charge in [0.25, 0.3) is 0 Å². The molecule has 2 aliphatic rings. The highest BCUT2D eigenvalue weighted by molar-refractivity contribution is 5.26. The van der Waals surface area contributed by atoms with E-state index in [1.165, 1.54) is 12.0 Å². The molecule has 1 aromatic carbocycles. The van der Waals surface area contributed by atoms with Gasteiger partial charge in [-0.05, 0) is 31.2 Å². The van der Waals surface area contributed by atoms with Crippen LogP contribution in [0, 0.1) is 0 Å². The normalized spacial score (nSPS) is 33.8. The van der Waals surface area contributed by atoms with Crippen LogP contribution in [-0.2, 0) is 0 Å². The summed E-state index contributed by atoms with van der Waals surface area (Å²) in [5, 5.41) is 22.6. The predicted octanol–water partition coefficient (Wildman–Crippen LogP) is 3.77. The number of hydrogen-bond acceptors (Lipinski definition) is 2. The van der Waals surface area contributed by atoms with E-state index in [4.69, 9.17) is 0 Å². The quantitative estimate of drug-likeness (QED) is 0.862. The predicted molar refractivity (Wildman–Crippen MR) is 80.6 cm³/mol. The first-order valence-electron chi connectivity index (χ1n) is 8.15. The van der Waals surface area contributed by atoms with E-state index >= 15 is 0 Å². The first-order valence-corrected chi connectivity index (χ1v) is 8.15. The first kappa shape index (κ1) is 14.1. The van der Waals surface area contributed by atoms with Gasteiger partial charge >= 0.3 is 0 Å². The Morgan fingerprint density at radius 1 is 0.800 bits per heavy atom. The second-order valence-corrected chi connectivity index (χ2v) is 6.73. The molecule has 3 rings (SSSR count). The number of hydrogen-bond donors (Lipinski definition) is 2. The Kier molecular flexibility index (Phi) is 3.87. The van der Waals surface area contributed by atoms with Crippen LogP contribution < -0.4 is 0 Å². The molecule has 0 spiro atoms. The van der Waals surface area contributed by atoms with E-state index in [-0.39, 0.29) is 5.92 Å². The summed E-state index contributed by atoms with van der Waals surface area (Å²) in [4.78, 5) is 0. The van der Waals surface area contributed by atoms with Gasteiger partial charge in [0.05, 0.1) is 5.60 Å². The van der Waals surface area contributed by atoms with Gasteiger partial charge in [0.15, 0.2) is 0 Å². The second-order valence-electron chi connectivity index (χ2n) is 6.73. The smallest absolute Gasteiger partial charge is 0.100 e. The van der Waals surface area contributed by atoms with Crippen molar-refractivity contribution in [3.63, 3.8) is 0 Å². The Bertz CT molecular complexity index is 436. The molecule has 2 atom stereocenters. The molecule has 20 heavy (non-hydrogen) atoms. The van der Waals surface area contributed by atoms with Crippen LogP contribution in [0.25, 0.3) is 0 Å². The maximum Gasteiger partial charge on any atom is 0.100 e. The van der Waals surface area contributed by atoms with Gasteiger partial charge in [-0.1, -0.05) is 62.4 Å². The molecule has 110 valence electrons. The molecule has 0 amide bonds. The Morgan fingerprint density at radius 3 is 2.15 bits per heavy atom. The molecule has 0 radical (unpaired) electrons. The standard InChI is InChI=1S/C18H26O2/c19-17(12-6-2-7-13-17)18(20)14-8-5-11-16(18)15-9-3-1-4-10-15/h1,3-4,9-10,16,19-20H,2,5-8,11-14H2. The minimum absolute atomic E-state index is 0.0838. The maximum absolute atomic E-state index is 11.4. The van der Waals surface area contributed by atoms with Gasteiger partial charge in [-0.3, -0.25) is 0 Å². The van der Waals surface area contributed by atoms with Gasteiger partial charge in [0.1, 0.15) is 5.60 Å². The zero-order valence-electron chi connectivity index (χ0n) is 12.2. The van der Waals surface area contributed by atoms with Crippen LogP contribution in [0.15, 0.2) is 30.3 Å². The van der Waals surface area contributed by atoms with E-state index in [0.29, 0.717) is 0 Å². The minimum atomic E-state index is -0.937. The Balaban J connectivity index is 1.95. The van der Waals surface area contributed by atoms with E-state index < -0.39 is 11.2 Å². The van der Waals surface area contributed by atoms with Crippen LogP contribution in [0.4, 0.5) is 0 Å². The van der Waals surface area contributed by atoms with Crippen LogP contribution in [-0.4, -0.2) is 21.4 Å². The number of rotatable bonds is 2. The minimum Gasteiger partial charge on any atom is -0.387 e. The zero-order valence-corrected chi connectivity index (χ0v) is 12.2. The van der Waals surface area contributed by atoms with E-state index in [2.05, 4.69) is 12.1 Å². The SMILES string of the molecule is OC1(C2(O)CCCCC2c2ccccc2)CCCCC1. The van der Waals surface area contributed by atoms with E-state index in [0.717, 1.165) is 51.4 Å². The zero-order chi connectivity index (χ0) is 14.1. The summed E-state index contributed by atoms with van der Waals surface area (Å²) in [6, 6.07) is 10.3. The molecule has 0 bridgehead atoms. The van der Waals surface area contributed by atoms with Crippen LogP contribution in [0.3, 0.4) is 0 Å². The van der Waals surface area contributed by atoms with Crippen molar-refractivity contribution in [2.24, 2.45) is 0 Å². The van der Waals surface area contributed by atoms with Crippen LogP contribution in [0.5, 0.6) is 0 Å². The molecule has 0 heterocycles. The average Bonchev–Trinajstić information content (AvgIpc) is 2.49. The third-order valence-electron chi connectivity index (χ3n) is 5.57. The largest absolute Gasteiger partial charge is 0.387 e. The van der Waals surface area contributed by atoms with E-state index in [1.807, 2.05) is 18.2 Å². The fourth-order valence-corrected chi connectivity index (χ4v) is 4.41. The van der Waals surface area contributed by atoms with Crippen molar-refractivity contribution in [1.82, 2.24) is 0 Å². The molecule has 2 nitrogen and oxygen atoms in total. The lowest BCUT2D eigenvalue weighted by molar-refractivity contribution is -0.192. The molecule has 0 saturated heterocycles. The van der Waals surface area contributed by atoms with Gasteiger partial charge < -0.3 is 10.2 Å². The molecular weight excluding hydrogens is 248 g/mol. The molecular formula is C18H26O2. The van der Waals surface area contributed by atoms with Gasteiger partial charge in [-0.2, -0.15) is 0 Å². The van der Waals surface area contributed by atoms with Crippen LogP contribution in [0.1, 0.15) is 69.3 Å². The van der Waals surface area contributed by atoms with Gasteiger partial charge in [0, 0.05) is 5.92 Å². The fraction of sp³-hybridized carbons (Fsp3) is 0.667. The lowest BCUT2D eigenvalue weighted by Gasteiger charge is -2.52. The summed E-state index contributed by atoms with van der Waals surface area (Å²) in [6.45, 7) is 0. The third kappa shape index (κ3) is 2.29. The van der Waals surface area contributed by atoms with Crippen LogP contribution in [0.2, 0.25) is 0 Å². The summed E-state index contributed by atoms with van der Waals surface area (Å²) < 4.78 is 0. The van der Waals surface area contributed by atoms with Gasteiger partial charge in [-0.15, -0.1) is 0 Å². The monoisotopic (exact) mass is 274 g/mol. The van der Waals surface area contributed by atoms with Crippen molar-refractivity contribution < 1.29 is 10.2 Å². The van der Waals surface area contributed by atoms with Gasteiger partial charge in [0.2, 0.25) is 0 Å². The van der Waals surface area contributed by atoms with E-state index in [9.17, 15) is 10.2 Å². The molecule has 2 fully saturated rings. The second kappa shape index (κ2) is 5.50. The fourth-order valence-electron chi connectivity index (χ4n) is 4.41. The Morgan fingerprint density at radius 2 is 1.45 bits per heavy atom. The number of aliphatic hydroxyl groups is 2. The summed E-state index contributed by atoms with van der Waals surface area (Å²) in [5.74, 6) is 0.0838. The summed E-state index contributed by atoms with van der Waals surface area (Å²) >= 11 is 0. The molecule has 1 aromatic rings. The highest BCUT2D eigenvalue weighted by Crippen LogP contribution is 2.51. The molecule has 2 aliphatic carbocycles. The molecule has 0 aromatic heterocycles. The highest BCUT2D eigenvalue weighted by atomic mass is 16.4. The summed E-state index contributed by atoms with van der Waals surface area (Å²) in [5.41, 5.74) is -0.632. The van der Waals surface area contributed by atoms with Crippen molar-refractivity contribution in [3.8, 4) is 0 Å². The molecule has 0 aliphatic heterocycles. The highest BCUT2D eigenvalue weighted by Gasteiger charge is 2.54. The van der Waals surface area contributed by atoms with Gasteiger partial charge in [-0.25, -0.2) is 0 Å². The molecule has 2 saturated carbocycles. The topological polar surface area (TPSA) is 40.5 Å². The molecule has 2 N–H and O–H groups in total. The Labute approximate surface area is 121 Å². The lowest BCUT2D eigenvalue weighted by atomic mass is 9.60. The Hall–Kier alpha value is -0.860. The maximum atomic E-state index is 11.4.